The molecule has 4 heteroatoms. The van der Waals surface area contributed by atoms with Crippen molar-refractivity contribution in [1.82, 2.24) is 4.90 Å². The third-order valence-corrected chi connectivity index (χ3v) is 3.28. The van der Waals surface area contributed by atoms with E-state index in [1.807, 2.05) is 18.2 Å². The molecule has 1 aromatic carbocycles. The van der Waals surface area contributed by atoms with Gasteiger partial charge in [-0.3, -0.25) is 9.69 Å². The fraction of sp³-hybridized carbons (Fsp3) is 0.429. The van der Waals surface area contributed by atoms with Gasteiger partial charge in [-0.15, -0.1) is 0 Å². The molecule has 1 aromatic rings. The van der Waals surface area contributed by atoms with Crippen LogP contribution in [0.2, 0.25) is 0 Å². The number of likely N-dealkylation sites (tertiary alicyclic amines) is 1. The summed E-state index contributed by atoms with van der Waals surface area (Å²) in [7, 11) is 1.38. The molecule has 0 spiro atoms. The van der Waals surface area contributed by atoms with Crippen molar-refractivity contribution < 1.29 is 9.53 Å². The summed E-state index contributed by atoms with van der Waals surface area (Å²) in [5.41, 5.74) is 1.70. The lowest BCUT2D eigenvalue weighted by molar-refractivity contribution is -0.143. The lowest BCUT2D eigenvalue weighted by Crippen LogP contribution is -2.43. The number of methoxy groups -OCH3 is 1. The van der Waals surface area contributed by atoms with Gasteiger partial charge in [0, 0.05) is 25.3 Å². The van der Waals surface area contributed by atoms with Crippen LogP contribution in [0, 0.1) is 11.3 Å². The number of nitrogens with one attached hydrogen (secondary N) is 1. The Morgan fingerprint density at radius 1 is 1.44 bits per heavy atom. The second-order valence-electron chi connectivity index (χ2n) is 4.59. The van der Waals surface area contributed by atoms with Crippen molar-refractivity contribution in [2.75, 3.05) is 20.2 Å². The summed E-state index contributed by atoms with van der Waals surface area (Å²) in [6.07, 6.45) is 0.679. The Balaban J connectivity index is 1.93. The van der Waals surface area contributed by atoms with Gasteiger partial charge in [0.2, 0.25) is 0 Å². The zero-order valence-corrected chi connectivity index (χ0v) is 10.6. The molecule has 96 valence electrons. The quantitative estimate of drug-likeness (QED) is 0.826. The van der Waals surface area contributed by atoms with Gasteiger partial charge >= 0.3 is 5.97 Å². The number of hydrogen-bond acceptors (Lipinski definition) is 4. The van der Waals surface area contributed by atoms with Crippen LogP contribution in [0.5, 0.6) is 0 Å². The van der Waals surface area contributed by atoms with E-state index in [2.05, 4.69) is 17.0 Å². The van der Waals surface area contributed by atoms with Crippen molar-refractivity contribution >= 4 is 11.7 Å². The second kappa shape index (κ2) is 5.78. The standard InChI is InChI=1S/C14H18N2O2/c1-18-14(17)12-7-8-16(10-13(12)15)9-11-5-3-2-4-6-11/h2-6,12,15H,7-10H2,1H3. The van der Waals surface area contributed by atoms with E-state index in [-0.39, 0.29) is 11.9 Å². The van der Waals surface area contributed by atoms with Gasteiger partial charge in [-0.25, -0.2) is 0 Å². The van der Waals surface area contributed by atoms with Crippen molar-refractivity contribution in [3.63, 3.8) is 0 Å². The van der Waals surface area contributed by atoms with Gasteiger partial charge in [-0.1, -0.05) is 30.3 Å². The normalized spacial score (nSPS) is 20.7. The molecule has 1 heterocycles. The maximum atomic E-state index is 11.5. The van der Waals surface area contributed by atoms with E-state index in [9.17, 15) is 4.79 Å². The van der Waals surface area contributed by atoms with Crippen LogP contribution >= 0.6 is 0 Å². The van der Waals surface area contributed by atoms with Gasteiger partial charge in [-0.2, -0.15) is 0 Å². The number of benzene rings is 1. The highest BCUT2D eigenvalue weighted by atomic mass is 16.5. The molecule has 0 amide bonds. The lowest BCUT2D eigenvalue weighted by Gasteiger charge is -2.31. The van der Waals surface area contributed by atoms with Crippen molar-refractivity contribution in [1.29, 1.82) is 5.41 Å². The van der Waals surface area contributed by atoms with Gasteiger partial charge in [0.05, 0.1) is 13.0 Å². The summed E-state index contributed by atoms with van der Waals surface area (Å²) < 4.78 is 4.72. The summed E-state index contributed by atoms with van der Waals surface area (Å²) in [4.78, 5) is 13.7. The summed E-state index contributed by atoms with van der Waals surface area (Å²) in [6.45, 7) is 2.21. The summed E-state index contributed by atoms with van der Waals surface area (Å²) in [5, 5.41) is 7.93. The fourth-order valence-electron chi connectivity index (χ4n) is 2.30. The van der Waals surface area contributed by atoms with Crippen molar-refractivity contribution in [2.45, 2.75) is 13.0 Å². The van der Waals surface area contributed by atoms with E-state index < -0.39 is 0 Å². The van der Waals surface area contributed by atoms with Gasteiger partial charge in [0.25, 0.3) is 0 Å². The molecule has 0 saturated carbocycles. The fourth-order valence-corrected chi connectivity index (χ4v) is 2.30. The predicted molar refractivity (Wildman–Crippen MR) is 69.6 cm³/mol. The minimum Gasteiger partial charge on any atom is -0.469 e. The van der Waals surface area contributed by atoms with Gasteiger partial charge < -0.3 is 10.1 Å². The Morgan fingerprint density at radius 2 is 2.17 bits per heavy atom. The topological polar surface area (TPSA) is 53.4 Å². The van der Waals surface area contributed by atoms with Gasteiger partial charge in [-0.05, 0) is 12.0 Å². The molecule has 0 aromatic heterocycles. The molecule has 1 atom stereocenters. The molecule has 1 unspecified atom stereocenters. The average molecular weight is 246 g/mol. The number of rotatable bonds is 3. The zero-order chi connectivity index (χ0) is 13.0. The average Bonchev–Trinajstić information content (AvgIpc) is 2.39. The van der Waals surface area contributed by atoms with Crippen LogP contribution in [0.1, 0.15) is 12.0 Å². The van der Waals surface area contributed by atoms with Crippen LogP contribution in [0.4, 0.5) is 0 Å². The monoisotopic (exact) mass is 246 g/mol. The summed E-state index contributed by atoms with van der Waals surface area (Å²) in [6, 6.07) is 10.2. The summed E-state index contributed by atoms with van der Waals surface area (Å²) in [5.74, 6) is -0.624. The number of ether oxygens (including phenoxy) is 1. The molecule has 1 N–H and O–H groups in total. The Hall–Kier alpha value is -1.68. The maximum Gasteiger partial charge on any atom is 0.314 e. The SMILES string of the molecule is COC(=O)C1CCN(Cc2ccccc2)CC1=N. The molecule has 0 aliphatic carbocycles. The molecule has 1 saturated heterocycles. The number of piperidine rings is 1. The van der Waals surface area contributed by atoms with E-state index in [0.717, 1.165) is 13.1 Å². The van der Waals surface area contributed by atoms with E-state index in [1.165, 1.54) is 12.7 Å². The van der Waals surface area contributed by atoms with Crippen LogP contribution in [0.3, 0.4) is 0 Å². The molecule has 4 nitrogen and oxygen atoms in total. The molecule has 0 bridgehead atoms. The first-order valence-electron chi connectivity index (χ1n) is 6.12. The minimum absolute atomic E-state index is 0.278. The predicted octanol–water partition coefficient (Wildman–Crippen LogP) is 1.70. The van der Waals surface area contributed by atoms with Crippen molar-refractivity contribution in [2.24, 2.45) is 5.92 Å². The molecule has 2 rings (SSSR count). The first-order chi connectivity index (χ1) is 8.70. The van der Waals surface area contributed by atoms with Crippen LogP contribution < -0.4 is 0 Å². The van der Waals surface area contributed by atoms with E-state index in [0.29, 0.717) is 18.7 Å². The van der Waals surface area contributed by atoms with Crippen LogP contribution in [-0.2, 0) is 16.1 Å². The van der Waals surface area contributed by atoms with Crippen LogP contribution in [0.25, 0.3) is 0 Å². The lowest BCUT2D eigenvalue weighted by atomic mass is 9.94. The largest absolute Gasteiger partial charge is 0.469 e. The highest BCUT2D eigenvalue weighted by molar-refractivity contribution is 6.02. The second-order valence-corrected chi connectivity index (χ2v) is 4.59. The number of carbonyl (C=O) groups is 1. The van der Waals surface area contributed by atoms with Crippen molar-refractivity contribution in [3.8, 4) is 0 Å². The molecule has 1 fully saturated rings. The number of hydrogen-bond donors (Lipinski definition) is 1. The zero-order valence-electron chi connectivity index (χ0n) is 10.6. The van der Waals surface area contributed by atoms with Gasteiger partial charge in [0.15, 0.2) is 0 Å². The van der Waals surface area contributed by atoms with E-state index in [4.69, 9.17) is 10.1 Å². The molecular weight excluding hydrogens is 228 g/mol. The van der Waals surface area contributed by atoms with Crippen LogP contribution in [0.15, 0.2) is 30.3 Å². The molecule has 18 heavy (non-hydrogen) atoms. The first-order valence-corrected chi connectivity index (χ1v) is 6.12. The smallest absolute Gasteiger partial charge is 0.314 e. The Kier molecular flexibility index (Phi) is 4.10. The Bertz CT molecular complexity index is 431. The molecule has 1 aliphatic heterocycles. The van der Waals surface area contributed by atoms with Gasteiger partial charge in [0.1, 0.15) is 0 Å². The highest BCUT2D eigenvalue weighted by Crippen LogP contribution is 2.17. The number of nitrogens with zero attached hydrogens (tertiary/aromatic N) is 1. The number of carbonyl (C=O) groups excluding carboxylic acids is 1. The highest BCUT2D eigenvalue weighted by Gasteiger charge is 2.30. The molecule has 1 aliphatic rings. The van der Waals surface area contributed by atoms with E-state index >= 15 is 0 Å². The maximum absolute atomic E-state index is 11.5. The Labute approximate surface area is 107 Å². The molecule has 0 radical (unpaired) electrons. The third-order valence-electron chi connectivity index (χ3n) is 3.28. The number of esters is 1. The van der Waals surface area contributed by atoms with E-state index in [1.54, 1.807) is 0 Å². The summed E-state index contributed by atoms with van der Waals surface area (Å²) >= 11 is 0. The Morgan fingerprint density at radius 3 is 2.78 bits per heavy atom. The minimum atomic E-state index is -0.345. The van der Waals surface area contributed by atoms with Crippen LogP contribution in [-0.4, -0.2) is 36.8 Å². The third kappa shape index (κ3) is 2.96. The molecular formula is C14H18N2O2. The van der Waals surface area contributed by atoms with Crippen molar-refractivity contribution in [3.05, 3.63) is 35.9 Å². The first kappa shape index (κ1) is 12.8.